The first kappa shape index (κ1) is 25.1. The Morgan fingerprint density at radius 2 is 1.68 bits per heavy atom. The van der Waals surface area contributed by atoms with E-state index in [1.807, 2.05) is 31.2 Å². The molecule has 3 atom stereocenters. The van der Waals surface area contributed by atoms with Crippen molar-refractivity contribution in [1.82, 2.24) is 0 Å². The minimum Gasteiger partial charge on any atom is -0.497 e. The van der Waals surface area contributed by atoms with Crippen molar-refractivity contribution in [2.24, 2.45) is 16.7 Å². The second kappa shape index (κ2) is 9.54. The summed E-state index contributed by atoms with van der Waals surface area (Å²) >= 11 is 0. The van der Waals surface area contributed by atoms with E-state index in [4.69, 9.17) is 13.7 Å². The molecule has 0 amide bonds. The van der Waals surface area contributed by atoms with Gasteiger partial charge in [-0.3, -0.25) is 4.18 Å². The van der Waals surface area contributed by atoms with Crippen LogP contribution in [0.1, 0.15) is 63.5 Å². The standard InChI is InChI=1S/C28H38O5S/c1-20-9-13-23(14-10-20)34(29,30)33-26-15-17-28(16-7-6-8-25(28)27(26,2)3)19-21-11-12-22(31-4)18-24(21)32-5/h9-14,18,25-26H,6-8,15-17,19H2,1-5H3. The van der Waals surface area contributed by atoms with Gasteiger partial charge in [0.2, 0.25) is 0 Å². The van der Waals surface area contributed by atoms with E-state index >= 15 is 0 Å². The van der Waals surface area contributed by atoms with Crippen molar-refractivity contribution in [3.05, 3.63) is 53.6 Å². The van der Waals surface area contributed by atoms with E-state index in [0.29, 0.717) is 5.92 Å². The summed E-state index contributed by atoms with van der Waals surface area (Å²) in [5.74, 6) is 2.01. The van der Waals surface area contributed by atoms with Gasteiger partial charge in [0.25, 0.3) is 10.1 Å². The number of hydrogen-bond donors (Lipinski definition) is 0. The highest BCUT2D eigenvalue weighted by Crippen LogP contribution is 2.60. The van der Waals surface area contributed by atoms with Crippen LogP contribution in [0.15, 0.2) is 47.4 Å². The Morgan fingerprint density at radius 1 is 0.941 bits per heavy atom. The molecular weight excluding hydrogens is 448 g/mol. The third-order valence-corrected chi connectivity index (χ3v) is 9.71. The van der Waals surface area contributed by atoms with Gasteiger partial charge in [0.05, 0.1) is 25.2 Å². The number of rotatable bonds is 7. The van der Waals surface area contributed by atoms with Gasteiger partial charge in [-0.25, -0.2) is 0 Å². The van der Waals surface area contributed by atoms with Crippen molar-refractivity contribution in [1.29, 1.82) is 0 Å². The summed E-state index contributed by atoms with van der Waals surface area (Å²) in [5, 5.41) is 0. The molecule has 34 heavy (non-hydrogen) atoms. The molecule has 2 aromatic rings. The lowest BCUT2D eigenvalue weighted by Crippen LogP contribution is -2.54. The van der Waals surface area contributed by atoms with Crippen LogP contribution in [-0.4, -0.2) is 28.7 Å². The van der Waals surface area contributed by atoms with E-state index in [-0.39, 0.29) is 21.8 Å². The largest absolute Gasteiger partial charge is 0.497 e. The summed E-state index contributed by atoms with van der Waals surface area (Å²) in [6.45, 7) is 6.36. The van der Waals surface area contributed by atoms with Gasteiger partial charge < -0.3 is 9.47 Å². The third kappa shape index (κ3) is 4.72. The molecule has 186 valence electrons. The van der Waals surface area contributed by atoms with Crippen LogP contribution >= 0.6 is 0 Å². The van der Waals surface area contributed by atoms with Crippen LogP contribution in [0, 0.1) is 23.7 Å². The number of ether oxygens (including phenoxy) is 2. The molecule has 0 radical (unpaired) electrons. The molecule has 3 unspecified atom stereocenters. The second-order valence-corrected chi connectivity index (χ2v) is 12.3. The maximum absolute atomic E-state index is 13.1. The molecule has 2 aromatic carbocycles. The Morgan fingerprint density at radius 3 is 2.35 bits per heavy atom. The van der Waals surface area contributed by atoms with Crippen LogP contribution in [-0.2, 0) is 20.7 Å². The summed E-state index contributed by atoms with van der Waals surface area (Å²) in [5.41, 5.74) is 2.06. The fraction of sp³-hybridized carbons (Fsp3) is 0.571. The molecule has 5 nitrogen and oxygen atoms in total. The molecule has 0 N–H and O–H groups in total. The Labute approximate surface area is 204 Å². The molecule has 0 aliphatic heterocycles. The number of benzene rings is 2. The van der Waals surface area contributed by atoms with Crippen molar-refractivity contribution >= 4 is 10.1 Å². The molecule has 0 aromatic heterocycles. The van der Waals surface area contributed by atoms with E-state index in [1.54, 1.807) is 26.4 Å². The summed E-state index contributed by atoms with van der Waals surface area (Å²) in [6, 6.07) is 13.0. The lowest BCUT2D eigenvalue weighted by atomic mass is 9.48. The van der Waals surface area contributed by atoms with Gasteiger partial charge in [-0.05, 0) is 79.5 Å². The van der Waals surface area contributed by atoms with E-state index in [1.165, 1.54) is 18.4 Å². The van der Waals surface area contributed by atoms with E-state index < -0.39 is 10.1 Å². The first-order valence-corrected chi connectivity index (χ1v) is 13.7. The zero-order valence-electron chi connectivity index (χ0n) is 21.1. The van der Waals surface area contributed by atoms with Gasteiger partial charge in [-0.15, -0.1) is 0 Å². The van der Waals surface area contributed by atoms with Gasteiger partial charge in [0, 0.05) is 6.07 Å². The molecule has 2 aliphatic rings. The highest BCUT2D eigenvalue weighted by Gasteiger charge is 2.55. The van der Waals surface area contributed by atoms with E-state index in [0.717, 1.165) is 49.2 Å². The molecule has 6 heteroatoms. The van der Waals surface area contributed by atoms with Gasteiger partial charge in [0.15, 0.2) is 0 Å². The quantitative estimate of drug-likeness (QED) is 0.428. The maximum atomic E-state index is 13.1. The van der Waals surface area contributed by atoms with Crippen molar-refractivity contribution < 1.29 is 22.1 Å². The Balaban J connectivity index is 1.61. The summed E-state index contributed by atoms with van der Waals surface area (Å²) in [7, 11) is -0.444. The summed E-state index contributed by atoms with van der Waals surface area (Å²) < 4.78 is 43.3. The average molecular weight is 487 g/mol. The molecule has 0 spiro atoms. The van der Waals surface area contributed by atoms with Crippen LogP contribution in [0.2, 0.25) is 0 Å². The predicted octanol–water partition coefficient (Wildman–Crippen LogP) is 6.33. The lowest BCUT2D eigenvalue weighted by Gasteiger charge is -2.58. The molecule has 4 rings (SSSR count). The van der Waals surface area contributed by atoms with Gasteiger partial charge in [0.1, 0.15) is 11.5 Å². The second-order valence-electron chi connectivity index (χ2n) is 10.7. The van der Waals surface area contributed by atoms with Crippen LogP contribution in [0.5, 0.6) is 11.5 Å². The first-order valence-electron chi connectivity index (χ1n) is 12.3. The zero-order valence-corrected chi connectivity index (χ0v) is 21.9. The first-order chi connectivity index (χ1) is 16.1. The topological polar surface area (TPSA) is 61.8 Å². The molecule has 0 saturated heterocycles. The van der Waals surface area contributed by atoms with Crippen LogP contribution in [0.25, 0.3) is 0 Å². The third-order valence-electron chi connectivity index (χ3n) is 8.38. The Bertz CT molecular complexity index is 1110. The average Bonchev–Trinajstić information content (AvgIpc) is 2.81. The van der Waals surface area contributed by atoms with E-state index in [9.17, 15) is 8.42 Å². The highest BCUT2D eigenvalue weighted by atomic mass is 32.2. The normalized spacial score (nSPS) is 26.5. The number of methoxy groups -OCH3 is 2. The minimum absolute atomic E-state index is 0.108. The van der Waals surface area contributed by atoms with Gasteiger partial charge >= 0.3 is 0 Å². The summed E-state index contributed by atoms with van der Waals surface area (Å²) in [6.07, 6.45) is 6.88. The number of aryl methyl sites for hydroxylation is 1. The molecular formula is C28H38O5S. The fourth-order valence-corrected chi connectivity index (χ4v) is 7.77. The zero-order chi connectivity index (χ0) is 24.6. The summed E-state index contributed by atoms with van der Waals surface area (Å²) in [4.78, 5) is 0.234. The van der Waals surface area contributed by atoms with Crippen LogP contribution < -0.4 is 9.47 Å². The maximum Gasteiger partial charge on any atom is 0.297 e. The molecule has 2 fully saturated rings. The van der Waals surface area contributed by atoms with Crippen molar-refractivity contribution in [2.75, 3.05) is 14.2 Å². The minimum atomic E-state index is -3.82. The van der Waals surface area contributed by atoms with E-state index in [2.05, 4.69) is 19.9 Å². The SMILES string of the molecule is COc1ccc(CC23CCCCC2C(C)(C)C(OS(=O)(=O)c2ccc(C)cc2)CC3)c(OC)c1. The molecule has 2 saturated carbocycles. The predicted molar refractivity (Wildman–Crippen MR) is 134 cm³/mol. The van der Waals surface area contributed by atoms with Crippen LogP contribution in [0.4, 0.5) is 0 Å². The number of hydrogen-bond acceptors (Lipinski definition) is 5. The smallest absolute Gasteiger partial charge is 0.297 e. The molecule has 2 aliphatic carbocycles. The monoisotopic (exact) mass is 486 g/mol. The van der Waals surface area contributed by atoms with Crippen molar-refractivity contribution in [3.8, 4) is 11.5 Å². The molecule has 0 bridgehead atoms. The fourth-order valence-electron chi connectivity index (χ4n) is 6.54. The van der Waals surface area contributed by atoms with Crippen molar-refractivity contribution in [2.45, 2.75) is 76.7 Å². The highest BCUT2D eigenvalue weighted by molar-refractivity contribution is 7.86. The number of fused-ring (bicyclic) bond motifs is 1. The molecule has 0 heterocycles. The van der Waals surface area contributed by atoms with Gasteiger partial charge in [-0.1, -0.05) is 50.5 Å². The Hall–Kier alpha value is -2.05. The van der Waals surface area contributed by atoms with Crippen LogP contribution in [0.3, 0.4) is 0 Å². The lowest BCUT2D eigenvalue weighted by molar-refractivity contribution is -0.108. The van der Waals surface area contributed by atoms with Crippen molar-refractivity contribution in [3.63, 3.8) is 0 Å². The Kier molecular flexibility index (Phi) is 7.03. The van der Waals surface area contributed by atoms with Gasteiger partial charge in [-0.2, -0.15) is 8.42 Å².